The molecule has 1 atom stereocenters. The van der Waals surface area contributed by atoms with Crippen molar-refractivity contribution >= 4 is 32.8 Å². The molecule has 2 aliphatic carbocycles. The first-order valence-corrected chi connectivity index (χ1v) is 14.9. The van der Waals surface area contributed by atoms with Gasteiger partial charge in [0.2, 0.25) is 10.0 Å². The Hall–Kier alpha value is -3.64. The van der Waals surface area contributed by atoms with Crippen molar-refractivity contribution in [2.75, 3.05) is 18.6 Å². The third-order valence-electron chi connectivity index (χ3n) is 7.45. The van der Waals surface area contributed by atoms with E-state index in [1.54, 1.807) is 43.1 Å². The van der Waals surface area contributed by atoms with Crippen LogP contribution in [0.4, 0.5) is 10.2 Å². The van der Waals surface area contributed by atoms with E-state index in [0.717, 1.165) is 42.3 Å². The van der Waals surface area contributed by atoms with E-state index < -0.39 is 26.6 Å². The third-order valence-corrected chi connectivity index (χ3v) is 9.73. The number of nitrogens with one attached hydrogen (secondary N) is 1. The number of ether oxygens (including phenoxy) is 1. The summed E-state index contributed by atoms with van der Waals surface area (Å²) >= 11 is 0. The molecule has 0 bridgehead atoms. The fourth-order valence-electron chi connectivity index (χ4n) is 5.23. The van der Waals surface area contributed by atoms with Crippen molar-refractivity contribution in [3.63, 3.8) is 0 Å². The van der Waals surface area contributed by atoms with Crippen molar-refractivity contribution in [2.24, 2.45) is 0 Å². The summed E-state index contributed by atoms with van der Waals surface area (Å²) in [5.74, 6) is -1.11. The van der Waals surface area contributed by atoms with E-state index >= 15 is 4.39 Å². The van der Waals surface area contributed by atoms with E-state index in [0.29, 0.717) is 17.4 Å². The average Bonchev–Trinajstić information content (AvgIpc) is 3.35. The van der Waals surface area contributed by atoms with Crippen molar-refractivity contribution in [2.45, 2.75) is 63.2 Å². The van der Waals surface area contributed by atoms with E-state index in [2.05, 4.69) is 20.4 Å². The molecule has 2 aliphatic rings. The summed E-state index contributed by atoms with van der Waals surface area (Å²) in [6.07, 6.45) is 16.2. The lowest BCUT2D eigenvalue weighted by Gasteiger charge is -2.34. The molecule has 1 N–H and O–H groups in total. The number of carbonyl (C=O) groups is 1. The Labute approximate surface area is 233 Å². The van der Waals surface area contributed by atoms with Gasteiger partial charge in [0.05, 0.1) is 12.8 Å². The highest BCUT2D eigenvalue weighted by atomic mass is 32.2. The second-order valence-corrected chi connectivity index (χ2v) is 12.5. The first-order valence-electron chi connectivity index (χ1n) is 13.5. The second kappa shape index (κ2) is 11.5. The van der Waals surface area contributed by atoms with Crippen LogP contribution in [-0.2, 0) is 19.6 Å². The highest BCUT2D eigenvalue weighted by Crippen LogP contribution is 2.35. The van der Waals surface area contributed by atoms with Crippen LogP contribution in [0, 0.1) is 5.82 Å². The SMILES string of the molecule is CCOC(=O)CN(Nc1nc(-c2cn(S(=O)(=O)C3(C)C=CC=CC3)c3ncccc23)ncc1F)C1CCCCC1. The summed E-state index contributed by atoms with van der Waals surface area (Å²) in [5, 5.41) is 2.20. The Bertz CT molecular complexity index is 1560. The molecule has 0 amide bonds. The van der Waals surface area contributed by atoms with Gasteiger partial charge in [-0.1, -0.05) is 43.6 Å². The molecule has 3 heterocycles. The molecule has 0 aliphatic heterocycles. The molecule has 1 saturated carbocycles. The summed E-state index contributed by atoms with van der Waals surface area (Å²) in [7, 11) is -3.93. The Morgan fingerprint density at radius 1 is 1.25 bits per heavy atom. The fraction of sp³-hybridized carbons (Fsp3) is 0.429. The van der Waals surface area contributed by atoms with Gasteiger partial charge in [0.25, 0.3) is 0 Å². The van der Waals surface area contributed by atoms with Gasteiger partial charge in [0.1, 0.15) is 11.3 Å². The molecule has 0 spiro atoms. The van der Waals surface area contributed by atoms with Crippen LogP contribution in [0.25, 0.3) is 22.4 Å². The number of esters is 1. The lowest BCUT2D eigenvalue weighted by molar-refractivity contribution is -0.144. The Morgan fingerprint density at radius 2 is 2.05 bits per heavy atom. The number of allylic oxidation sites excluding steroid dienone is 3. The maximum absolute atomic E-state index is 15.0. The highest BCUT2D eigenvalue weighted by Gasteiger charge is 2.39. The average molecular weight is 569 g/mol. The van der Waals surface area contributed by atoms with Gasteiger partial charge in [0, 0.05) is 29.4 Å². The predicted octanol–water partition coefficient (Wildman–Crippen LogP) is 4.61. The maximum Gasteiger partial charge on any atom is 0.322 e. The van der Waals surface area contributed by atoms with Gasteiger partial charge in [0.15, 0.2) is 23.1 Å². The van der Waals surface area contributed by atoms with Gasteiger partial charge >= 0.3 is 5.97 Å². The zero-order valence-corrected chi connectivity index (χ0v) is 23.4. The molecule has 1 fully saturated rings. The quantitative estimate of drug-likeness (QED) is 0.291. The smallest absolute Gasteiger partial charge is 0.322 e. The molecule has 0 aromatic carbocycles. The number of pyridine rings is 1. The number of aromatic nitrogens is 4. The molecule has 1 unspecified atom stereocenters. The minimum atomic E-state index is -3.93. The number of anilines is 1. The molecule has 212 valence electrons. The lowest BCUT2D eigenvalue weighted by atomic mass is 9.95. The first-order chi connectivity index (χ1) is 19.2. The molecule has 3 aromatic rings. The van der Waals surface area contributed by atoms with E-state index in [-0.39, 0.29) is 36.5 Å². The van der Waals surface area contributed by atoms with Crippen LogP contribution in [0.3, 0.4) is 0 Å². The van der Waals surface area contributed by atoms with Crippen LogP contribution in [0.5, 0.6) is 0 Å². The minimum Gasteiger partial charge on any atom is -0.465 e. The molecule has 0 radical (unpaired) electrons. The normalized spacial score (nSPS) is 19.8. The number of fused-ring (bicyclic) bond motifs is 1. The molecule has 5 rings (SSSR count). The third kappa shape index (κ3) is 5.37. The van der Waals surface area contributed by atoms with Gasteiger partial charge in [-0.05, 0) is 45.2 Å². The summed E-state index contributed by atoms with van der Waals surface area (Å²) in [5.41, 5.74) is 3.63. The zero-order valence-electron chi connectivity index (χ0n) is 22.6. The minimum absolute atomic E-state index is 0.00516. The topological polar surface area (TPSA) is 119 Å². The van der Waals surface area contributed by atoms with Crippen LogP contribution in [0.15, 0.2) is 55.0 Å². The summed E-state index contributed by atoms with van der Waals surface area (Å²) in [6.45, 7) is 3.57. The lowest BCUT2D eigenvalue weighted by Crippen LogP contribution is -2.45. The summed E-state index contributed by atoms with van der Waals surface area (Å²) < 4.78 is 47.9. The number of nitrogens with zero attached hydrogens (tertiary/aromatic N) is 5. The van der Waals surface area contributed by atoms with Crippen LogP contribution in [-0.4, -0.2) is 62.3 Å². The van der Waals surface area contributed by atoms with E-state index in [1.165, 1.54) is 12.4 Å². The van der Waals surface area contributed by atoms with Crippen molar-refractivity contribution < 1.29 is 22.3 Å². The predicted molar refractivity (Wildman–Crippen MR) is 150 cm³/mol. The van der Waals surface area contributed by atoms with Gasteiger partial charge < -0.3 is 4.74 Å². The van der Waals surface area contributed by atoms with Gasteiger partial charge in [-0.15, -0.1) is 0 Å². The highest BCUT2D eigenvalue weighted by molar-refractivity contribution is 7.91. The largest absolute Gasteiger partial charge is 0.465 e. The number of rotatable bonds is 9. The van der Waals surface area contributed by atoms with E-state index in [1.807, 2.05) is 12.2 Å². The Balaban J connectivity index is 1.54. The summed E-state index contributed by atoms with van der Waals surface area (Å²) in [6, 6.07) is 3.43. The molecule has 3 aromatic heterocycles. The maximum atomic E-state index is 15.0. The molecule has 0 saturated heterocycles. The van der Waals surface area contributed by atoms with Gasteiger partial charge in [-0.25, -0.2) is 36.7 Å². The molecular weight excluding hydrogens is 535 g/mol. The van der Waals surface area contributed by atoms with Crippen molar-refractivity contribution in [3.8, 4) is 11.4 Å². The second-order valence-electron chi connectivity index (χ2n) is 10.2. The standard InChI is InChI=1S/C28H33FN6O4S/c1-3-39-24(36)19-34(20-11-6-4-7-12-20)33-26-23(29)17-31-25(32-26)22-18-35(27-21(22)13-10-16-30-27)40(37,38)28(2)14-8-5-9-15-28/h5,8-10,13-14,16-18,20H,3-4,6-7,11-12,15,19H2,1-2H3,(H,31,32,33). The summed E-state index contributed by atoms with van der Waals surface area (Å²) in [4.78, 5) is 25.4. The van der Waals surface area contributed by atoms with Crippen LogP contribution in [0.1, 0.15) is 52.4 Å². The number of hydrogen-bond acceptors (Lipinski definition) is 9. The van der Waals surface area contributed by atoms with Crippen LogP contribution >= 0.6 is 0 Å². The fourth-order valence-corrected chi connectivity index (χ4v) is 6.85. The van der Waals surface area contributed by atoms with Gasteiger partial charge in [-0.3, -0.25) is 10.2 Å². The van der Waals surface area contributed by atoms with E-state index in [9.17, 15) is 13.2 Å². The number of hydrazine groups is 1. The Kier molecular flexibility index (Phi) is 7.99. The van der Waals surface area contributed by atoms with Crippen molar-refractivity contribution in [1.29, 1.82) is 0 Å². The van der Waals surface area contributed by atoms with Crippen molar-refractivity contribution in [3.05, 3.63) is 60.8 Å². The van der Waals surface area contributed by atoms with Crippen LogP contribution < -0.4 is 5.43 Å². The Morgan fingerprint density at radius 3 is 2.77 bits per heavy atom. The van der Waals surface area contributed by atoms with Crippen molar-refractivity contribution in [1.82, 2.24) is 23.9 Å². The molecule has 10 nitrogen and oxygen atoms in total. The number of halogens is 1. The van der Waals surface area contributed by atoms with Crippen LogP contribution in [0.2, 0.25) is 0 Å². The molecular formula is C28H33FN6O4S. The molecule has 40 heavy (non-hydrogen) atoms. The monoisotopic (exact) mass is 568 g/mol. The zero-order chi connectivity index (χ0) is 28.3. The van der Waals surface area contributed by atoms with E-state index in [4.69, 9.17) is 4.74 Å². The molecule has 12 heteroatoms. The number of carbonyl (C=O) groups excluding carboxylic acids is 1. The van der Waals surface area contributed by atoms with Gasteiger partial charge in [-0.2, -0.15) is 0 Å². The first kappa shape index (κ1) is 27.9. The number of hydrogen-bond donors (Lipinski definition) is 1.